The summed E-state index contributed by atoms with van der Waals surface area (Å²) in [5, 5.41) is 2.86. The summed E-state index contributed by atoms with van der Waals surface area (Å²) >= 11 is 0. The van der Waals surface area contributed by atoms with E-state index in [0.29, 0.717) is 50.0 Å². The summed E-state index contributed by atoms with van der Waals surface area (Å²) in [6, 6.07) is 3.18. The molecule has 1 aromatic rings. The number of hydrogen-bond donors (Lipinski definition) is 1. The highest BCUT2D eigenvalue weighted by molar-refractivity contribution is 5.98. The molecule has 1 N–H and O–H groups in total. The summed E-state index contributed by atoms with van der Waals surface area (Å²) in [5.41, 5.74) is 0.772. The van der Waals surface area contributed by atoms with Crippen LogP contribution in [0.1, 0.15) is 41.1 Å². The molecule has 1 aliphatic rings. The maximum Gasteiger partial charge on any atom is 0.272 e. The van der Waals surface area contributed by atoms with E-state index in [1.54, 1.807) is 17.0 Å². The first-order valence-electron chi connectivity index (χ1n) is 7.69. The molecular weight excluding hydrogens is 282 g/mol. The lowest BCUT2D eigenvalue weighted by molar-refractivity contribution is 0.0299. The Kier molecular flexibility index (Phi) is 5.89. The highest BCUT2D eigenvalue weighted by Crippen LogP contribution is 2.08. The van der Waals surface area contributed by atoms with Gasteiger partial charge in [0.2, 0.25) is 0 Å². The van der Waals surface area contributed by atoms with Crippen molar-refractivity contribution in [3.63, 3.8) is 0 Å². The molecule has 0 aliphatic carbocycles. The molecule has 0 atom stereocenters. The van der Waals surface area contributed by atoms with Gasteiger partial charge in [0.05, 0.1) is 13.2 Å². The molecule has 0 radical (unpaired) electrons. The molecule has 0 aromatic carbocycles. The Balaban J connectivity index is 1.99. The van der Waals surface area contributed by atoms with Gasteiger partial charge in [-0.25, -0.2) is 0 Å². The standard InChI is InChI=1S/C16H23N3O3/c1-12(2)3-5-18-15(20)13-4-6-17-14(11-13)16(21)19-7-9-22-10-8-19/h4,6,11-12H,3,5,7-10H2,1-2H3,(H,18,20). The van der Waals surface area contributed by atoms with E-state index in [1.165, 1.54) is 6.20 Å². The number of rotatable bonds is 5. The Labute approximate surface area is 130 Å². The highest BCUT2D eigenvalue weighted by atomic mass is 16.5. The zero-order valence-corrected chi connectivity index (χ0v) is 13.2. The van der Waals surface area contributed by atoms with Gasteiger partial charge in [0, 0.05) is 31.4 Å². The number of nitrogens with zero attached hydrogens (tertiary/aromatic N) is 2. The van der Waals surface area contributed by atoms with Crippen LogP contribution in [-0.2, 0) is 4.74 Å². The summed E-state index contributed by atoms with van der Waals surface area (Å²) in [7, 11) is 0. The molecule has 6 nitrogen and oxygen atoms in total. The number of carbonyl (C=O) groups is 2. The van der Waals surface area contributed by atoms with Crippen molar-refractivity contribution in [1.82, 2.24) is 15.2 Å². The van der Waals surface area contributed by atoms with Gasteiger partial charge in [-0.1, -0.05) is 13.8 Å². The molecule has 0 unspecified atom stereocenters. The molecule has 2 heterocycles. The second-order valence-electron chi connectivity index (χ2n) is 5.77. The molecule has 1 saturated heterocycles. The maximum absolute atomic E-state index is 12.4. The van der Waals surface area contributed by atoms with Crippen LogP contribution in [0.15, 0.2) is 18.3 Å². The van der Waals surface area contributed by atoms with E-state index < -0.39 is 0 Å². The van der Waals surface area contributed by atoms with Gasteiger partial charge in [0.25, 0.3) is 11.8 Å². The van der Waals surface area contributed by atoms with Crippen LogP contribution >= 0.6 is 0 Å². The number of carbonyl (C=O) groups excluding carboxylic acids is 2. The van der Waals surface area contributed by atoms with Crippen molar-refractivity contribution in [1.29, 1.82) is 0 Å². The predicted octanol–water partition coefficient (Wildman–Crippen LogP) is 1.33. The lowest BCUT2D eigenvalue weighted by Gasteiger charge is -2.26. The van der Waals surface area contributed by atoms with Crippen LogP contribution in [0.5, 0.6) is 0 Å². The number of aromatic nitrogens is 1. The van der Waals surface area contributed by atoms with Gasteiger partial charge in [-0.2, -0.15) is 0 Å². The Morgan fingerprint density at radius 1 is 1.36 bits per heavy atom. The molecule has 2 amide bonds. The minimum Gasteiger partial charge on any atom is -0.378 e. The van der Waals surface area contributed by atoms with Gasteiger partial charge in [0.1, 0.15) is 5.69 Å². The third kappa shape index (κ3) is 4.53. The second kappa shape index (κ2) is 7.89. The van der Waals surface area contributed by atoms with Crippen LogP contribution in [0.25, 0.3) is 0 Å². The van der Waals surface area contributed by atoms with Crippen molar-refractivity contribution in [2.24, 2.45) is 5.92 Å². The summed E-state index contributed by atoms with van der Waals surface area (Å²) in [5.74, 6) is 0.218. The van der Waals surface area contributed by atoms with Crippen LogP contribution in [0.4, 0.5) is 0 Å². The molecule has 1 aliphatic heterocycles. The van der Waals surface area contributed by atoms with E-state index in [0.717, 1.165) is 6.42 Å². The first-order valence-corrected chi connectivity index (χ1v) is 7.69. The average molecular weight is 305 g/mol. The minimum atomic E-state index is -0.168. The normalized spacial score (nSPS) is 15.0. The highest BCUT2D eigenvalue weighted by Gasteiger charge is 2.20. The molecule has 1 fully saturated rings. The number of nitrogens with one attached hydrogen (secondary N) is 1. The number of ether oxygens (including phenoxy) is 1. The SMILES string of the molecule is CC(C)CCNC(=O)c1ccnc(C(=O)N2CCOCC2)c1. The first kappa shape index (κ1) is 16.4. The monoisotopic (exact) mass is 305 g/mol. The van der Waals surface area contributed by atoms with Gasteiger partial charge in [-0.05, 0) is 24.5 Å². The Morgan fingerprint density at radius 3 is 2.77 bits per heavy atom. The van der Waals surface area contributed by atoms with Crippen molar-refractivity contribution < 1.29 is 14.3 Å². The fourth-order valence-electron chi connectivity index (χ4n) is 2.19. The zero-order chi connectivity index (χ0) is 15.9. The zero-order valence-electron chi connectivity index (χ0n) is 13.2. The van der Waals surface area contributed by atoms with Gasteiger partial charge in [0.15, 0.2) is 0 Å². The fourth-order valence-corrected chi connectivity index (χ4v) is 2.19. The maximum atomic E-state index is 12.4. The van der Waals surface area contributed by atoms with E-state index in [9.17, 15) is 9.59 Å². The van der Waals surface area contributed by atoms with E-state index in [2.05, 4.69) is 24.1 Å². The number of amides is 2. The largest absolute Gasteiger partial charge is 0.378 e. The minimum absolute atomic E-state index is 0.153. The topological polar surface area (TPSA) is 71.5 Å². The fraction of sp³-hybridized carbons (Fsp3) is 0.562. The van der Waals surface area contributed by atoms with Crippen molar-refractivity contribution in [2.45, 2.75) is 20.3 Å². The van der Waals surface area contributed by atoms with Crippen LogP contribution < -0.4 is 5.32 Å². The second-order valence-corrected chi connectivity index (χ2v) is 5.77. The smallest absolute Gasteiger partial charge is 0.272 e. The van der Waals surface area contributed by atoms with Gasteiger partial charge in [-0.15, -0.1) is 0 Å². The quantitative estimate of drug-likeness (QED) is 0.891. The average Bonchev–Trinajstić information content (AvgIpc) is 2.54. The Hall–Kier alpha value is -1.95. The molecular formula is C16H23N3O3. The number of hydrogen-bond acceptors (Lipinski definition) is 4. The van der Waals surface area contributed by atoms with Crippen LogP contribution in [0, 0.1) is 5.92 Å². The van der Waals surface area contributed by atoms with Crippen molar-refractivity contribution in [2.75, 3.05) is 32.8 Å². The summed E-state index contributed by atoms with van der Waals surface area (Å²) in [6.45, 7) is 7.06. The molecule has 6 heteroatoms. The van der Waals surface area contributed by atoms with E-state index in [-0.39, 0.29) is 11.8 Å². The van der Waals surface area contributed by atoms with Crippen LogP contribution in [0.3, 0.4) is 0 Å². The molecule has 0 saturated carbocycles. The van der Waals surface area contributed by atoms with Crippen molar-refractivity contribution in [3.8, 4) is 0 Å². The molecule has 0 spiro atoms. The summed E-state index contributed by atoms with van der Waals surface area (Å²) in [6.07, 6.45) is 2.43. The van der Waals surface area contributed by atoms with E-state index in [1.807, 2.05) is 0 Å². The van der Waals surface area contributed by atoms with Crippen LogP contribution in [0.2, 0.25) is 0 Å². The molecule has 22 heavy (non-hydrogen) atoms. The van der Waals surface area contributed by atoms with Gasteiger partial charge >= 0.3 is 0 Å². The molecule has 0 bridgehead atoms. The van der Waals surface area contributed by atoms with Gasteiger partial charge in [-0.3, -0.25) is 14.6 Å². The Bertz CT molecular complexity index is 525. The number of pyridine rings is 1. The predicted molar refractivity (Wildman–Crippen MR) is 82.7 cm³/mol. The summed E-state index contributed by atoms with van der Waals surface area (Å²) in [4.78, 5) is 30.2. The molecule has 120 valence electrons. The number of morpholine rings is 1. The third-order valence-electron chi connectivity index (χ3n) is 3.55. The molecule has 2 rings (SSSR count). The molecule has 1 aromatic heterocycles. The lowest BCUT2D eigenvalue weighted by Crippen LogP contribution is -2.41. The van der Waals surface area contributed by atoms with E-state index >= 15 is 0 Å². The third-order valence-corrected chi connectivity index (χ3v) is 3.55. The lowest BCUT2D eigenvalue weighted by atomic mass is 10.1. The van der Waals surface area contributed by atoms with Crippen LogP contribution in [-0.4, -0.2) is 54.5 Å². The van der Waals surface area contributed by atoms with Gasteiger partial charge < -0.3 is 15.0 Å². The summed E-state index contributed by atoms with van der Waals surface area (Å²) < 4.78 is 5.23. The van der Waals surface area contributed by atoms with E-state index in [4.69, 9.17) is 4.74 Å². The Morgan fingerprint density at radius 2 is 2.09 bits per heavy atom. The first-order chi connectivity index (χ1) is 10.6. The van der Waals surface area contributed by atoms with Crippen molar-refractivity contribution in [3.05, 3.63) is 29.6 Å². The van der Waals surface area contributed by atoms with Crippen molar-refractivity contribution >= 4 is 11.8 Å².